The van der Waals surface area contributed by atoms with Crippen LogP contribution in [0.15, 0.2) is 36.5 Å². The molecule has 0 aliphatic rings. The van der Waals surface area contributed by atoms with Crippen molar-refractivity contribution < 1.29 is 13.2 Å². The zero-order valence-corrected chi connectivity index (χ0v) is 12.4. The van der Waals surface area contributed by atoms with Crippen molar-refractivity contribution in [3.05, 3.63) is 53.5 Å². The summed E-state index contributed by atoms with van der Waals surface area (Å²) in [4.78, 5) is 3.47. The van der Waals surface area contributed by atoms with Crippen molar-refractivity contribution in [1.82, 2.24) is 20.4 Å². The Labute approximate surface area is 134 Å². The van der Waals surface area contributed by atoms with Crippen LogP contribution in [0.2, 0.25) is 0 Å². The Kier molecular flexibility index (Phi) is 3.77. The molecule has 1 N–H and O–H groups in total. The smallest absolute Gasteiger partial charge is 0.251 e. The average molecular weight is 329 g/mol. The third-order valence-corrected chi connectivity index (χ3v) is 3.40. The highest BCUT2D eigenvalue weighted by molar-refractivity contribution is 5.74. The van der Waals surface area contributed by atoms with Crippen molar-refractivity contribution >= 4 is 0 Å². The number of rotatable bonds is 2. The lowest BCUT2D eigenvalue weighted by Crippen LogP contribution is -2.07. The van der Waals surface area contributed by atoms with Crippen molar-refractivity contribution in [3.8, 4) is 28.5 Å². The van der Waals surface area contributed by atoms with E-state index in [2.05, 4.69) is 20.4 Å². The lowest BCUT2D eigenvalue weighted by molar-refractivity contribution is -0.141. The third-order valence-electron chi connectivity index (χ3n) is 3.40. The first-order chi connectivity index (χ1) is 11.4. The number of benzene rings is 1. The van der Waals surface area contributed by atoms with Crippen LogP contribution in [0.3, 0.4) is 0 Å². The Hall–Kier alpha value is -3.21. The van der Waals surface area contributed by atoms with Gasteiger partial charge in [-0.25, -0.2) is 5.10 Å². The van der Waals surface area contributed by atoms with E-state index in [-0.39, 0.29) is 5.69 Å². The molecule has 24 heavy (non-hydrogen) atoms. The molecule has 0 aliphatic heterocycles. The number of aromatic amines is 1. The van der Waals surface area contributed by atoms with Gasteiger partial charge in [-0.3, -0.25) is 4.98 Å². The van der Waals surface area contributed by atoms with Crippen LogP contribution in [-0.2, 0) is 6.18 Å². The minimum Gasteiger partial charge on any atom is -0.251 e. The molecule has 0 atom stereocenters. The summed E-state index contributed by atoms with van der Waals surface area (Å²) in [6, 6.07) is 9.63. The highest BCUT2D eigenvalue weighted by Crippen LogP contribution is 2.31. The highest BCUT2D eigenvalue weighted by atomic mass is 19.4. The molecule has 3 aromatic rings. The second kappa shape index (κ2) is 5.77. The zero-order chi connectivity index (χ0) is 17.3. The van der Waals surface area contributed by atoms with Gasteiger partial charge in [0.05, 0.1) is 0 Å². The summed E-state index contributed by atoms with van der Waals surface area (Å²) in [6.45, 7) is 1.84. The second-order valence-corrected chi connectivity index (χ2v) is 5.16. The Bertz CT molecular complexity index is 920. The summed E-state index contributed by atoms with van der Waals surface area (Å²) in [5.74, 6) is 0. The number of pyridine rings is 1. The molecule has 0 amide bonds. The van der Waals surface area contributed by atoms with E-state index in [1.807, 2.05) is 25.1 Å². The number of hydrogen-bond donors (Lipinski definition) is 1. The van der Waals surface area contributed by atoms with E-state index in [0.29, 0.717) is 22.4 Å². The zero-order valence-electron chi connectivity index (χ0n) is 12.4. The Morgan fingerprint density at radius 1 is 1.08 bits per heavy atom. The molecule has 5 nitrogen and oxygen atoms in total. The largest absolute Gasteiger partial charge is 0.433 e. The fourth-order valence-electron chi connectivity index (χ4n) is 2.33. The number of halogens is 3. The number of nitriles is 1. The van der Waals surface area contributed by atoms with Gasteiger partial charge in [0.25, 0.3) is 0 Å². The predicted molar refractivity (Wildman–Crippen MR) is 79.5 cm³/mol. The molecule has 1 aromatic carbocycles. The van der Waals surface area contributed by atoms with Crippen molar-refractivity contribution in [2.45, 2.75) is 13.1 Å². The van der Waals surface area contributed by atoms with Gasteiger partial charge in [0.2, 0.25) is 0 Å². The van der Waals surface area contributed by atoms with Gasteiger partial charge in [0, 0.05) is 17.3 Å². The normalized spacial score (nSPS) is 11.3. The molecule has 0 aliphatic carbocycles. The average Bonchev–Trinajstić information content (AvgIpc) is 3.02. The fraction of sp³-hybridized carbons (Fsp3) is 0.125. The molecule has 8 heteroatoms. The van der Waals surface area contributed by atoms with Crippen molar-refractivity contribution in [2.24, 2.45) is 0 Å². The molecule has 2 heterocycles. The number of aryl methyl sites for hydroxylation is 1. The molecule has 2 aromatic heterocycles. The van der Waals surface area contributed by atoms with Crippen LogP contribution in [0.1, 0.15) is 17.0 Å². The molecule has 0 radical (unpaired) electrons. The summed E-state index contributed by atoms with van der Waals surface area (Å²) in [5.41, 5.74) is 2.40. The summed E-state index contributed by atoms with van der Waals surface area (Å²) in [5, 5.41) is 19.0. The molecular weight excluding hydrogens is 319 g/mol. The quantitative estimate of drug-likeness (QED) is 0.777. The maximum absolute atomic E-state index is 12.6. The Morgan fingerprint density at radius 3 is 2.46 bits per heavy atom. The summed E-state index contributed by atoms with van der Waals surface area (Å²) < 4.78 is 37.8. The third kappa shape index (κ3) is 2.96. The topological polar surface area (TPSA) is 78.2 Å². The molecule has 0 spiro atoms. The molecule has 0 fully saturated rings. The molecule has 3 rings (SSSR count). The number of hydrogen-bond acceptors (Lipinski definition) is 4. The van der Waals surface area contributed by atoms with Crippen molar-refractivity contribution in [3.63, 3.8) is 0 Å². The predicted octanol–water partition coefficient (Wildman–Crippen LogP) is 3.73. The molecule has 120 valence electrons. The van der Waals surface area contributed by atoms with Crippen LogP contribution in [0.5, 0.6) is 0 Å². The van der Waals surface area contributed by atoms with Gasteiger partial charge in [-0.2, -0.15) is 18.4 Å². The van der Waals surface area contributed by atoms with Gasteiger partial charge in [-0.1, -0.05) is 17.3 Å². The second-order valence-electron chi connectivity index (χ2n) is 5.16. The van der Waals surface area contributed by atoms with Gasteiger partial charge in [0.15, 0.2) is 5.69 Å². The van der Waals surface area contributed by atoms with Crippen LogP contribution >= 0.6 is 0 Å². The number of nitrogens with zero attached hydrogens (tertiary/aromatic N) is 4. The van der Waals surface area contributed by atoms with Crippen molar-refractivity contribution in [1.29, 1.82) is 5.26 Å². The van der Waals surface area contributed by atoms with Crippen LogP contribution in [0.25, 0.3) is 22.4 Å². The lowest BCUT2D eigenvalue weighted by Gasteiger charge is -2.09. The summed E-state index contributed by atoms with van der Waals surface area (Å²) >= 11 is 0. The van der Waals surface area contributed by atoms with Gasteiger partial charge >= 0.3 is 6.18 Å². The maximum atomic E-state index is 12.6. The minimum atomic E-state index is -4.47. The van der Waals surface area contributed by atoms with Crippen LogP contribution in [-0.4, -0.2) is 20.4 Å². The highest BCUT2D eigenvalue weighted by Gasteiger charge is 2.32. The molecule has 0 saturated carbocycles. The van der Waals surface area contributed by atoms with E-state index in [1.54, 1.807) is 6.07 Å². The monoisotopic (exact) mass is 329 g/mol. The first-order valence-corrected chi connectivity index (χ1v) is 6.85. The lowest BCUT2D eigenvalue weighted by atomic mass is 9.99. The van der Waals surface area contributed by atoms with E-state index in [4.69, 9.17) is 5.26 Å². The van der Waals surface area contributed by atoms with Crippen molar-refractivity contribution in [2.75, 3.05) is 0 Å². The fourth-order valence-corrected chi connectivity index (χ4v) is 2.33. The van der Waals surface area contributed by atoms with Gasteiger partial charge in [0.1, 0.15) is 17.5 Å². The molecule has 0 saturated heterocycles. The first-order valence-electron chi connectivity index (χ1n) is 6.85. The van der Waals surface area contributed by atoms with Crippen LogP contribution in [0, 0.1) is 18.3 Å². The number of aromatic nitrogens is 4. The van der Waals surface area contributed by atoms with Crippen LogP contribution < -0.4 is 0 Å². The van der Waals surface area contributed by atoms with E-state index in [1.165, 1.54) is 12.3 Å². The maximum Gasteiger partial charge on any atom is 0.433 e. The first kappa shape index (κ1) is 15.7. The number of nitrogens with one attached hydrogen (secondary N) is 1. The molecule has 0 unspecified atom stereocenters. The number of alkyl halides is 3. The standard InChI is InChI=1S/C16H10F3N5/c1-9-4-11(10-2-3-14(21-8-10)16(17,18)19)6-12(5-9)15-13(7-20)22-24-23-15/h2-6,8H,1H3,(H,22,23,24). The van der Waals surface area contributed by atoms with Gasteiger partial charge in [-0.05, 0) is 36.2 Å². The van der Waals surface area contributed by atoms with Gasteiger partial charge in [-0.15, -0.1) is 5.10 Å². The van der Waals surface area contributed by atoms with E-state index in [0.717, 1.165) is 11.6 Å². The molecular formula is C16H10F3N5. The number of H-pyrrole nitrogens is 1. The van der Waals surface area contributed by atoms with Crippen LogP contribution in [0.4, 0.5) is 13.2 Å². The summed E-state index contributed by atoms with van der Waals surface area (Å²) in [7, 11) is 0. The van der Waals surface area contributed by atoms with E-state index >= 15 is 0 Å². The minimum absolute atomic E-state index is 0.220. The Balaban J connectivity index is 2.05. The van der Waals surface area contributed by atoms with E-state index in [9.17, 15) is 13.2 Å². The Morgan fingerprint density at radius 2 is 1.83 bits per heavy atom. The SMILES string of the molecule is Cc1cc(-c2ccc(C(F)(F)F)nc2)cc(-c2nn[nH]c2C#N)c1. The molecule has 0 bridgehead atoms. The van der Waals surface area contributed by atoms with E-state index < -0.39 is 11.9 Å². The summed E-state index contributed by atoms with van der Waals surface area (Å²) in [6.07, 6.45) is -3.30. The van der Waals surface area contributed by atoms with Gasteiger partial charge < -0.3 is 0 Å².